The van der Waals surface area contributed by atoms with Crippen molar-refractivity contribution in [1.29, 1.82) is 0 Å². The monoisotopic (exact) mass is 462 g/mol. The van der Waals surface area contributed by atoms with Gasteiger partial charge in [0.25, 0.3) is 5.56 Å². The fourth-order valence-electron chi connectivity index (χ4n) is 3.58. The molecule has 12 heteroatoms. The lowest BCUT2D eigenvalue weighted by molar-refractivity contribution is -0.141. The van der Waals surface area contributed by atoms with Crippen molar-refractivity contribution in [3.8, 4) is 0 Å². The van der Waals surface area contributed by atoms with Crippen LogP contribution in [0.2, 0.25) is 0 Å². The van der Waals surface area contributed by atoms with Crippen LogP contribution in [-0.4, -0.2) is 50.3 Å². The van der Waals surface area contributed by atoms with Crippen molar-refractivity contribution in [3.63, 3.8) is 0 Å². The van der Waals surface area contributed by atoms with Crippen molar-refractivity contribution < 1.29 is 26.0 Å². The van der Waals surface area contributed by atoms with E-state index in [0.717, 1.165) is 12.3 Å². The Hall–Kier alpha value is -2.63. The number of piperazine rings is 1. The van der Waals surface area contributed by atoms with E-state index >= 15 is 0 Å². The number of rotatable bonds is 4. The molecule has 2 heterocycles. The van der Waals surface area contributed by atoms with Gasteiger partial charge in [0.15, 0.2) is 15.5 Å². The predicted molar refractivity (Wildman–Crippen MR) is 108 cm³/mol. The normalized spacial score (nSPS) is 18.0. The minimum atomic E-state index is -4.76. The maximum atomic E-state index is 14.0. The Balaban J connectivity index is 1.94. The van der Waals surface area contributed by atoms with Gasteiger partial charge in [-0.1, -0.05) is 13.8 Å². The summed E-state index contributed by atoms with van der Waals surface area (Å²) in [7, 11) is -3.77. The van der Waals surface area contributed by atoms with Crippen LogP contribution in [0.25, 0.3) is 0 Å². The molecular formula is C19H22F4N4O3S. The summed E-state index contributed by atoms with van der Waals surface area (Å²) in [6, 6.07) is 3.86. The third-order valence-corrected chi connectivity index (χ3v) is 6.27. The Labute approximate surface area is 176 Å². The highest BCUT2D eigenvalue weighted by molar-refractivity contribution is 7.90. The molecule has 0 amide bonds. The third kappa shape index (κ3) is 5.00. The number of hydrogen-bond donors (Lipinski definition) is 1. The molecule has 1 N–H and O–H groups in total. The Morgan fingerprint density at radius 3 is 2.45 bits per heavy atom. The molecule has 0 aliphatic carbocycles. The summed E-state index contributed by atoms with van der Waals surface area (Å²) in [5.74, 6) is -1.07. The SMILES string of the molecule is CC(C)C1CN(c2ccc(F)c(S(C)(=O)=O)c2)CCN1c1nc(C(F)(F)F)cc(=O)[nH]1. The van der Waals surface area contributed by atoms with Crippen LogP contribution in [0.4, 0.5) is 29.2 Å². The van der Waals surface area contributed by atoms with Gasteiger partial charge in [0.2, 0.25) is 5.95 Å². The standard InChI is InChI=1S/C19H22F4N4O3S/c1-11(2)14-10-26(12-4-5-13(20)15(8-12)31(3,29)30)6-7-27(14)18-24-16(19(21,22)23)9-17(28)25-18/h4-5,8-9,11,14H,6-7,10H2,1-3H3,(H,24,25,28). The topological polar surface area (TPSA) is 86.4 Å². The van der Waals surface area contributed by atoms with Crippen molar-refractivity contribution in [2.24, 2.45) is 5.92 Å². The summed E-state index contributed by atoms with van der Waals surface area (Å²) in [6.45, 7) is 4.59. The summed E-state index contributed by atoms with van der Waals surface area (Å²) >= 11 is 0. The smallest absolute Gasteiger partial charge is 0.368 e. The second-order valence-corrected chi connectivity index (χ2v) is 9.77. The minimum Gasteiger partial charge on any atom is -0.368 e. The second-order valence-electron chi connectivity index (χ2n) is 7.79. The van der Waals surface area contributed by atoms with Crippen molar-refractivity contribution in [2.75, 3.05) is 35.7 Å². The first-order valence-corrected chi connectivity index (χ1v) is 11.4. The molecule has 7 nitrogen and oxygen atoms in total. The first-order valence-electron chi connectivity index (χ1n) is 9.47. The number of H-pyrrole nitrogens is 1. The maximum Gasteiger partial charge on any atom is 0.433 e. The summed E-state index contributed by atoms with van der Waals surface area (Å²) in [5.41, 5.74) is -1.69. The Morgan fingerprint density at radius 1 is 1.19 bits per heavy atom. The lowest BCUT2D eigenvalue weighted by Gasteiger charge is -2.44. The number of sulfone groups is 1. The largest absolute Gasteiger partial charge is 0.433 e. The average molecular weight is 462 g/mol. The number of alkyl halides is 3. The predicted octanol–water partition coefficient (Wildman–Crippen LogP) is 2.68. The maximum absolute atomic E-state index is 14.0. The fourth-order valence-corrected chi connectivity index (χ4v) is 4.33. The summed E-state index contributed by atoms with van der Waals surface area (Å²) in [6.07, 6.45) is -3.84. The molecule has 0 spiro atoms. The van der Waals surface area contributed by atoms with Crippen molar-refractivity contribution in [3.05, 3.63) is 46.1 Å². The molecule has 1 aliphatic rings. The summed E-state index contributed by atoms with van der Waals surface area (Å²) in [5, 5.41) is 0. The van der Waals surface area contributed by atoms with Gasteiger partial charge in [0.1, 0.15) is 10.7 Å². The highest BCUT2D eigenvalue weighted by Crippen LogP contribution is 2.30. The first-order chi connectivity index (χ1) is 14.3. The van der Waals surface area contributed by atoms with Crippen LogP contribution in [-0.2, 0) is 16.0 Å². The molecule has 0 saturated carbocycles. The molecule has 3 rings (SSSR count). The molecule has 31 heavy (non-hydrogen) atoms. The highest BCUT2D eigenvalue weighted by atomic mass is 32.2. The number of benzene rings is 1. The molecule has 1 aromatic carbocycles. The quantitative estimate of drug-likeness (QED) is 0.704. The summed E-state index contributed by atoms with van der Waals surface area (Å²) < 4.78 is 76.9. The van der Waals surface area contributed by atoms with Crippen LogP contribution in [0.5, 0.6) is 0 Å². The molecule has 170 valence electrons. The van der Waals surface area contributed by atoms with Gasteiger partial charge in [-0.15, -0.1) is 0 Å². The van der Waals surface area contributed by atoms with E-state index in [9.17, 15) is 30.8 Å². The molecule has 1 aliphatic heterocycles. The van der Waals surface area contributed by atoms with Gasteiger partial charge < -0.3 is 9.80 Å². The molecule has 1 unspecified atom stereocenters. The van der Waals surface area contributed by atoms with Crippen LogP contribution in [0.3, 0.4) is 0 Å². The van der Waals surface area contributed by atoms with Gasteiger partial charge in [0.05, 0.1) is 6.04 Å². The number of nitrogens with zero attached hydrogens (tertiary/aromatic N) is 3. The van der Waals surface area contributed by atoms with Gasteiger partial charge in [-0.3, -0.25) is 9.78 Å². The number of aromatic nitrogens is 2. The van der Waals surface area contributed by atoms with Gasteiger partial charge in [0, 0.05) is 37.6 Å². The molecule has 1 aromatic heterocycles. The minimum absolute atomic E-state index is 0.0440. The fraction of sp³-hybridized carbons (Fsp3) is 0.474. The molecule has 0 radical (unpaired) electrons. The average Bonchev–Trinajstić information content (AvgIpc) is 2.65. The zero-order chi connectivity index (χ0) is 23.1. The molecule has 1 atom stereocenters. The van der Waals surface area contributed by atoms with Gasteiger partial charge >= 0.3 is 6.18 Å². The molecule has 1 fully saturated rings. The van der Waals surface area contributed by atoms with Gasteiger partial charge in [-0.25, -0.2) is 17.8 Å². The molecule has 0 bridgehead atoms. The molecule has 2 aromatic rings. The van der Waals surface area contributed by atoms with E-state index in [0.29, 0.717) is 24.8 Å². The van der Waals surface area contributed by atoms with E-state index in [2.05, 4.69) is 9.97 Å². The third-order valence-electron chi connectivity index (χ3n) is 5.16. The Bertz CT molecular complexity index is 1130. The van der Waals surface area contributed by atoms with Crippen LogP contribution < -0.4 is 15.4 Å². The van der Waals surface area contributed by atoms with Crippen LogP contribution in [0.1, 0.15) is 19.5 Å². The number of nitrogens with one attached hydrogen (secondary N) is 1. The van der Waals surface area contributed by atoms with E-state index in [1.807, 2.05) is 18.7 Å². The van der Waals surface area contributed by atoms with E-state index in [1.165, 1.54) is 12.1 Å². The molecule has 1 saturated heterocycles. The lowest BCUT2D eigenvalue weighted by Crippen LogP contribution is -2.56. The first kappa shape index (κ1) is 23.0. The van der Waals surface area contributed by atoms with E-state index in [4.69, 9.17) is 0 Å². The zero-order valence-corrected chi connectivity index (χ0v) is 17.9. The second kappa shape index (κ2) is 8.13. The number of anilines is 2. The number of aromatic amines is 1. The highest BCUT2D eigenvalue weighted by Gasteiger charge is 2.36. The van der Waals surface area contributed by atoms with Crippen molar-refractivity contribution in [2.45, 2.75) is 31.0 Å². The zero-order valence-electron chi connectivity index (χ0n) is 17.1. The van der Waals surface area contributed by atoms with Crippen LogP contribution in [0.15, 0.2) is 34.0 Å². The van der Waals surface area contributed by atoms with Crippen molar-refractivity contribution >= 4 is 21.5 Å². The van der Waals surface area contributed by atoms with Gasteiger partial charge in [-0.05, 0) is 24.1 Å². The van der Waals surface area contributed by atoms with Gasteiger partial charge in [-0.2, -0.15) is 13.2 Å². The van der Waals surface area contributed by atoms with Crippen LogP contribution >= 0.6 is 0 Å². The molecular weight excluding hydrogens is 440 g/mol. The lowest BCUT2D eigenvalue weighted by atomic mass is 9.99. The van der Waals surface area contributed by atoms with E-state index < -0.39 is 38.0 Å². The van der Waals surface area contributed by atoms with Crippen LogP contribution in [0, 0.1) is 11.7 Å². The van der Waals surface area contributed by atoms with E-state index in [-0.39, 0.29) is 24.5 Å². The van der Waals surface area contributed by atoms with Crippen molar-refractivity contribution in [1.82, 2.24) is 9.97 Å². The van der Waals surface area contributed by atoms with E-state index in [1.54, 1.807) is 4.90 Å². The number of halogens is 4. The Kier molecular flexibility index (Phi) is 6.05. The number of hydrogen-bond acceptors (Lipinski definition) is 6. The summed E-state index contributed by atoms with van der Waals surface area (Å²) in [4.78, 5) is 20.8. The Morgan fingerprint density at radius 2 is 1.87 bits per heavy atom.